The Kier molecular flexibility index (Phi) is 4.82. The van der Waals surface area contributed by atoms with Crippen molar-refractivity contribution in [2.75, 3.05) is 7.05 Å². The van der Waals surface area contributed by atoms with Gasteiger partial charge in [-0.15, -0.1) is 0 Å². The summed E-state index contributed by atoms with van der Waals surface area (Å²) in [5.41, 5.74) is 0.256. The van der Waals surface area contributed by atoms with E-state index in [-0.39, 0.29) is 23.3 Å². The first-order valence-corrected chi connectivity index (χ1v) is 6.14. The number of halogens is 1. The Labute approximate surface area is 107 Å². The van der Waals surface area contributed by atoms with Gasteiger partial charge >= 0.3 is 0 Å². The second-order valence-corrected chi connectivity index (χ2v) is 4.48. The van der Waals surface area contributed by atoms with Gasteiger partial charge in [0.2, 0.25) is 0 Å². The van der Waals surface area contributed by atoms with Crippen LogP contribution < -0.4 is 0 Å². The molecule has 1 aromatic carbocycles. The highest BCUT2D eigenvalue weighted by molar-refractivity contribution is 6.31. The molecule has 0 unspecified atom stereocenters. The largest absolute Gasteiger partial charge is 0.507 e. The van der Waals surface area contributed by atoms with E-state index in [2.05, 4.69) is 0 Å². The number of aromatic hydroxyl groups is 1. The van der Waals surface area contributed by atoms with Crippen LogP contribution >= 0.6 is 11.6 Å². The normalized spacial score (nSPS) is 10.6. The smallest absolute Gasteiger partial charge is 0.257 e. The Bertz CT molecular complexity index is 402. The van der Waals surface area contributed by atoms with E-state index in [1.54, 1.807) is 18.0 Å². The zero-order valence-electron chi connectivity index (χ0n) is 10.4. The van der Waals surface area contributed by atoms with Crippen molar-refractivity contribution in [3.8, 4) is 5.75 Å². The second kappa shape index (κ2) is 5.92. The SMILES string of the molecule is CCC(CC)N(C)C(=O)c1cc(Cl)ccc1O. The molecule has 1 rings (SSSR count). The summed E-state index contributed by atoms with van der Waals surface area (Å²) in [5.74, 6) is -0.226. The number of nitrogens with zero attached hydrogens (tertiary/aromatic N) is 1. The number of phenols is 1. The molecule has 1 aromatic rings. The Morgan fingerprint density at radius 3 is 2.53 bits per heavy atom. The zero-order valence-corrected chi connectivity index (χ0v) is 11.2. The molecule has 4 heteroatoms. The molecule has 3 nitrogen and oxygen atoms in total. The van der Waals surface area contributed by atoms with E-state index < -0.39 is 0 Å². The minimum absolute atomic E-state index is 0.0304. The summed E-state index contributed by atoms with van der Waals surface area (Å²) >= 11 is 5.83. The van der Waals surface area contributed by atoms with Gasteiger partial charge in [0.05, 0.1) is 5.56 Å². The quantitative estimate of drug-likeness (QED) is 0.897. The lowest BCUT2D eigenvalue weighted by atomic mass is 10.1. The number of carbonyl (C=O) groups is 1. The minimum atomic E-state index is -0.196. The summed E-state index contributed by atoms with van der Waals surface area (Å²) in [4.78, 5) is 13.8. The molecule has 0 heterocycles. The van der Waals surface area contributed by atoms with Crippen LogP contribution in [0.2, 0.25) is 5.02 Å². The van der Waals surface area contributed by atoms with Crippen LogP contribution in [0.25, 0.3) is 0 Å². The van der Waals surface area contributed by atoms with Gasteiger partial charge in [-0.05, 0) is 31.0 Å². The molecule has 0 spiro atoms. The Morgan fingerprint density at radius 1 is 1.41 bits per heavy atom. The van der Waals surface area contributed by atoms with E-state index in [0.717, 1.165) is 12.8 Å². The van der Waals surface area contributed by atoms with E-state index >= 15 is 0 Å². The molecule has 0 aliphatic heterocycles. The van der Waals surface area contributed by atoms with Crippen molar-refractivity contribution in [1.29, 1.82) is 0 Å². The Balaban J connectivity index is 2.99. The Hall–Kier alpha value is -1.22. The average Bonchev–Trinajstić information content (AvgIpc) is 2.32. The third-order valence-corrected chi connectivity index (χ3v) is 3.23. The fourth-order valence-electron chi connectivity index (χ4n) is 1.87. The molecule has 17 heavy (non-hydrogen) atoms. The summed E-state index contributed by atoms with van der Waals surface area (Å²) in [6.07, 6.45) is 1.78. The van der Waals surface area contributed by atoms with Crippen molar-refractivity contribution >= 4 is 17.5 Å². The van der Waals surface area contributed by atoms with Gasteiger partial charge < -0.3 is 10.0 Å². The van der Waals surface area contributed by atoms with E-state index in [1.807, 2.05) is 13.8 Å². The summed E-state index contributed by atoms with van der Waals surface area (Å²) in [6.45, 7) is 4.07. The summed E-state index contributed by atoms with van der Waals surface area (Å²) in [5, 5.41) is 10.1. The molecule has 0 fully saturated rings. The van der Waals surface area contributed by atoms with Crippen molar-refractivity contribution in [2.45, 2.75) is 32.7 Å². The number of phenolic OH excluding ortho intramolecular Hbond substituents is 1. The molecule has 0 saturated carbocycles. The third-order valence-electron chi connectivity index (χ3n) is 3.00. The predicted octanol–water partition coefficient (Wildman–Crippen LogP) is 3.31. The monoisotopic (exact) mass is 255 g/mol. The Morgan fingerprint density at radius 2 is 2.00 bits per heavy atom. The van der Waals surface area contributed by atoms with Crippen molar-refractivity contribution < 1.29 is 9.90 Å². The molecule has 0 aromatic heterocycles. The number of hydrogen-bond acceptors (Lipinski definition) is 2. The highest BCUT2D eigenvalue weighted by Crippen LogP contribution is 2.23. The maximum absolute atomic E-state index is 12.2. The molecular formula is C13H18ClNO2. The molecule has 0 aliphatic rings. The van der Waals surface area contributed by atoms with Gasteiger partial charge in [0, 0.05) is 18.1 Å². The zero-order chi connectivity index (χ0) is 13.0. The van der Waals surface area contributed by atoms with Gasteiger partial charge in [0.1, 0.15) is 5.75 Å². The maximum Gasteiger partial charge on any atom is 0.257 e. The van der Waals surface area contributed by atoms with E-state index in [1.165, 1.54) is 12.1 Å². The first-order valence-electron chi connectivity index (χ1n) is 5.76. The van der Waals surface area contributed by atoms with Crippen molar-refractivity contribution in [3.63, 3.8) is 0 Å². The van der Waals surface area contributed by atoms with Crippen LogP contribution in [0.15, 0.2) is 18.2 Å². The number of amides is 1. The highest BCUT2D eigenvalue weighted by atomic mass is 35.5. The first-order chi connectivity index (χ1) is 8.01. The maximum atomic E-state index is 12.2. The number of hydrogen-bond donors (Lipinski definition) is 1. The summed E-state index contributed by atoms with van der Waals surface area (Å²) < 4.78 is 0. The van der Waals surface area contributed by atoms with Gasteiger partial charge in [-0.2, -0.15) is 0 Å². The van der Waals surface area contributed by atoms with E-state index in [9.17, 15) is 9.90 Å². The van der Waals surface area contributed by atoms with Crippen LogP contribution in [-0.2, 0) is 0 Å². The standard InChI is InChI=1S/C13H18ClNO2/c1-4-10(5-2)15(3)13(17)11-8-9(14)6-7-12(11)16/h6-8,10,16H,4-5H2,1-3H3. The van der Waals surface area contributed by atoms with E-state index in [4.69, 9.17) is 11.6 Å². The second-order valence-electron chi connectivity index (χ2n) is 4.05. The average molecular weight is 256 g/mol. The van der Waals surface area contributed by atoms with Crippen LogP contribution in [0.3, 0.4) is 0 Å². The lowest BCUT2D eigenvalue weighted by Gasteiger charge is -2.26. The van der Waals surface area contributed by atoms with Crippen molar-refractivity contribution in [3.05, 3.63) is 28.8 Å². The van der Waals surface area contributed by atoms with Crippen LogP contribution in [-0.4, -0.2) is 29.0 Å². The lowest BCUT2D eigenvalue weighted by molar-refractivity contribution is 0.0720. The van der Waals surface area contributed by atoms with Gasteiger partial charge in [0.15, 0.2) is 0 Å². The molecule has 94 valence electrons. The van der Waals surface area contributed by atoms with Crippen LogP contribution in [0, 0.1) is 0 Å². The number of rotatable bonds is 4. The topological polar surface area (TPSA) is 40.5 Å². The number of carbonyl (C=O) groups excluding carboxylic acids is 1. The lowest BCUT2D eigenvalue weighted by Crippen LogP contribution is -2.36. The van der Waals surface area contributed by atoms with Crippen molar-refractivity contribution in [1.82, 2.24) is 4.90 Å². The fourth-order valence-corrected chi connectivity index (χ4v) is 2.04. The van der Waals surface area contributed by atoms with Crippen LogP contribution in [0.1, 0.15) is 37.0 Å². The van der Waals surface area contributed by atoms with Gasteiger partial charge in [-0.1, -0.05) is 25.4 Å². The molecule has 0 radical (unpaired) electrons. The summed E-state index contributed by atoms with van der Waals surface area (Å²) in [6, 6.07) is 4.68. The molecule has 0 saturated heterocycles. The predicted molar refractivity (Wildman–Crippen MR) is 69.6 cm³/mol. The fraction of sp³-hybridized carbons (Fsp3) is 0.462. The molecule has 0 atom stereocenters. The molecule has 0 bridgehead atoms. The highest BCUT2D eigenvalue weighted by Gasteiger charge is 2.21. The first kappa shape index (κ1) is 13.8. The molecule has 0 aliphatic carbocycles. The van der Waals surface area contributed by atoms with Gasteiger partial charge in [-0.3, -0.25) is 4.79 Å². The third kappa shape index (κ3) is 3.13. The van der Waals surface area contributed by atoms with Crippen LogP contribution in [0.5, 0.6) is 5.75 Å². The number of benzene rings is 1. The van der Waals surface area contributed by atoms with E-state index in [0.29, 0.717) is 5.02 Å². The molecule has 1 amide bonds. The summed E-state index contributed by atoms with van der Waals surface area (Å²) in [7, 11) is 1.75. The van der Waals surface area contributed by atoms with Gasteiger partial charge in [-0.25, -0.2) is 0 Å². The van der Waals surface area contributed by atoms with Crippen molar-refractivity contribution in [2.24, 2.45) is 0 Å². The van der Waals surface area contributed by atoms with Crippen LogP contribution in [0.4, 0.5) is 0 Å². The minimum Gasteiger partial charge on any atom is -0.507 e. The van der Waals surface area contributed by atoms with Gasteiger partial charge in [0.25, 0.3) is 5.91 Å². The molecular weight excluding hydrogens is 238 g/mol. The molecule has 1 N–H and O–H groups in total.